The molecule has 0 fully saturated rings. The van der Waals surface area contributed by atoms with Crippen LogP contribution in [0.1, 0.15) is 5.82 Å². The van der Waals surface area contributed by atoms with Crippen molar-refractivity contribution in [3.8, 4) is 5.75 Å². The predicted octanol–water partition coefficient (Wildman–Crippen LogP) is 3.44. The monoisotopic (exact) mass is 312 g/mol. The summed E-state index contributed by atoms with van der Waals surface area (Å²) in [5.41, 5.74) is 7.64. The largest absolute Gasteiger partial charge is 0.497 e. The first-order chi connectivity index (χ1) is 11.0. The third kappa shape index (κ3) is 2.75. The van der Waals surface area contributed by atoms with Gasteiger partial charge in [-0.3, -0.25) is 0 Å². The summed E-state index contributed by atoms with van der Waals surface area (Å²) in [5, 5.41) is 0.772. The first-order valence-corrected chi connectivity index (χ1v) is 7.10. The first kappa shape index (κ1) is 15.0. The Kier molecular flexibility index (Phi) is 3.73. The van der Waals surface area contributed by atoms with E-state index in [1.54, 1.807) is 43.1 Å². The van der Waals surface area contributed by atoms with Gasteiger partial charge in [-0.05, 0) is 37.3 Å². The van der Waals surface area contributed by atoms with Crippen molar-refractivity contribution < 1.29 is 9.13 Å². The predicted molar refractivity (Wildman–Crippen MR) is 89.7 cm³/mol. The number of anilines is 3. The molecule has 0 radical (unpaired) electrons. The number of nitrogens with zero attached hydrogens (tertiary/aromatic N) is 3. The highest BCUT2D eigenvalue weighted by molar-refractivity contribution is 5.93. The Bertz CT molecular complexity index is 882. The molecule has 2 N–H and O–H groups in total. The number of hydrogen-bond acceptors (Lipinski definition) is 5. The van der Waals surface area contributed by atoms with Gasteiger partial charge in [0, 0.05) is 24.2 Å². The normalized spacial score (nSPS) is 10.8. The van der Waals surface area contributed by atoms with E-state index in [9.17, 15) is 4.39 Å². The van der Waals surface area contributed by atoms with E-state index in [-0.39, 0.29) is 5.82 Å². The molecular weight excluding hydrogens is 295 g/mol. The zero-order valence-electron chi connectivity index (χ0n) is 13.2. The highest BCUT2D eigenvalue weighted by Crippen LogP contribution is 2.32. The van der Waals surface area contributed by atoms with Crippen LogP contribution in [-0.2, 0) is 0 Å². The van der Waals surface area contributed by atoms with Crippen molar-refractivity contribution in [3.05, 3.63) is 48.0 Å². The number of fused-ring (bicyclic) bond motifs is 1. The summed E-state index contributed by atoms with van der Waals surface area (Å²) >= 11 is 0. The maximum atomic E-state index is 14.4. The second-order valence-corrected chi connectivity index (χ2v) is 5.25. The van der Waals surface area contributed by atoms with Crippen LogP contribution in [0.25, 0.3) is 10.9 Å². The minimum Gasteiger partial charge on any atom is -0.497 e. The molecule has 2 aromatic carbocycles. The zero-order valence-corrected chi connectivity index (χ0v) is 13.2. The van der Waals surface area contributed by atoms with Crippen molar-refractivity contribution in [2.24, 2.45) is 0 Å². The Labute approximate surface area is 133 Å². The topological polar surface area (TPSA) is 64.3 Å². The first-order valence-electron chi connectivity index (χ1n) is 7.10. The molecule has 0 saturated carbocycles. The van der Waals surface area contributed by atoms with Crippen molar-refractivity contribution in [1.29, 1.82) is 0 Å². The average molecular weight is 312 g/mol. The second kappa shape index (κ2) is 5.72. The number of hydrogen-bond donors (Lipinski definition) is 1. The zero-order chi connectivity index (χ0) is 16.6. The summed E-state index contributed by atoms with van der Waals surface area (Å²) in [6.45, 7) is 1.80. The molecule has 1 aromatic heterocycles. The second-order valence-electron chi connectivity index (χ2n) is 5.25. The minimum absolute atomic E-state index is 0.389. The number of ether oxygens (including phenoxy) is 1. The van der Waals surface area contributed by atoms with Crippen LogP contribution in [0.3, 0.4) is 0 Å². The Morgan fingerprint density at radius 2 is 1.91 bits per heavy atom. The maximum absolute atomic E-state index is 14.4. The van der Waals surface area contributed by atoms with Crippen molar-refractivity contribution in [3.63, 3.8) is 0 Å². The number of methoxy groups -OCH3 is 1. The van der Waals surface area contributed by atoms with Gasteiger partial charge in [0.05, 0.1) is 18.3 Å². The summed E-state index contributed by atoms with van der Waals surface area (Å²) in [4.78, 5) is 10.5. The van der Waals surface area contributed by atoms with Gasteiger partial charge in [0.2, 0.25) is 0 Å². The number of halogens is 1. The molecule has 0 saturated heterocycles. The van der Waals surface area contributed by atoms with Gasteiger partial charge in [-0.1, -0.05) is 0 Å². The maximum Gasteiger partial charge on any atom is 0.150 e. The lowest BCUT2D eigenvalue weighted by molar-refractivity contribution is 0.411. The van der Waals surface area contributed by atoms with Gasteiger partial charge in [0.1, 0.15) is 17.4 Å². The molecule has 0 aliphatic carbocycles. The quantitative estimate of drug-likeness (QED) is 0.751. The standard InChI is InChI=1S/C17H17FN4O/c1-10-20-15-6-4-11(19)8-13(15)17(21-10)22(2)16-7-5-12(23-3)9-14(16)18/h4-9H,19H2,1-3H3. The lowest BCUT2D eigenvalue weighted by Crippen LogP contribution is -2.14. The summed E-state index contributed by atoms with van der Waals surface area (Å²) in [7, 11) is 3.26. The molecule has 0 aliphatic rings. The molecular formula is C17H17FN4O. The Morgan fingerprint density at radius 1 is 1.13 bits per heavy atom. The van der Waals surface area contributed by atoms with E-state index in [1.165, 1.54) is 13.2 Å². The molecule has 3 aromatic rings. The highest BCUT2D eigenvalue weighted by Gasteiger charge is 2.16. The van der Waals surface area contributed by atoms with Crippen LogP contribution in [0.5, 0.6) is 5.75 Å². The van der Waals surface area contributed by atoms with Crippen LogP contribution in [0, 0.1) is 12.7 Å². The fourth-order valence-electron chi connectivity index (χ4n) is 2.50. The summed E-state index contributed by atoms with van der Waals surface area (Å²) < 4.78 is 19.4. The van der Waals surface area contributed by atoms with Crippen molar-refractivity contribution in [2.75, 3.05) is 24.8 Å². The minimum atomic E-state index is -0.389. The van der Waals surface area contributed by atoms with E-state index < -0.39 is 0 Å². The molecule has 0 spiro atoms. The molecule has 6 heteroatoms. The number of aryl methyl sites for hydroxylation is 1. The van der Waals surface area contributed by atoms with E-state index in [1.807, 2.05) is 6.07 Å². The van der Waals surface area contributed by atoms with Crippen LogP contribution in [-0.4, -0.2) is 24.1 Å². The molecule has 0 amide bonds. The highest BCUT2D eigenvalue weighted by atomic mass is 19.1. The van der Waals surface area contributed by atoms with Crippen molar-refractivity contribution >= 4 is 28.1 Å². The third-order valence-corrected chi connectivity index (χ3v) is 3.65. The average Bonchev–Trinajstić information content (AvgIpc) is 2.53. The van der Waals surface area contributed by atoms with Crippen LogP contribution >= 0.6 is 0 Å². The molecule has 23 heavy (non-hydrogen) atoms. The van der Waals surface area contributed by atoms with Gasteiger partial charge in [0.15, 0.2) is 5.82 Å². The molecule has 1 heterocycles. The molecule has 0 bridgehead atoms. The van der Waals surface area contributed by atoms with Crippen LogP contribution in [0.2, 0.25) is 0 Å². The fourth-order valence-corrected chi connectivity index (χ4v) is 2.50. The van der Waals surface area contributed by atoms with Gasteiger partial charge in [-0.2, -0.15) is 0 Å². The van der Waals surface area contributed by atoms with E-state index >= 15 is 0 Å². The Hall–Kier alpha value is -2.89. The molecule has 118 valence electrons. The molecule has 5 nitrogen and oxygen atoms in total. The summed E-state index contributed by atoms with van der Waals surface area (Å²) in [5.74, 6) is 1.29. The van der Waals surface area contributed by atoms with Crippen molar-refractivity contribution in [1.82, 2.24) is 9.97 Å². The van der Waals surface area contributed by atoms with Gasteiger partial charge in [-0.15, -0.1) is 0 Å². The van der Waals surface area contributed by atoms with E-state index in [0.717, 1.165) is 10.9 Å². The molecule has 3 rings (SSSR count). The lowest BCUT2D eigenvalue weighted by atomic mass is 10.2. The Morgan fingerprint density at radius 3 is 2.61 bits per heavy atom. The van der Waals surface area contributed by atoms with Gasteiger partial charge >= 0.3 is 0 Å². The summed E-state index contributed by atoms with van der Waals surface area (Å²) in [6.07, 6.45) is 0. The van der Waals surface area contributed by atoms with Crippen LogP contribution in [0.4, 0.5) is 21.6 Å². The third-order valence-electron chi connectivity index (χ3n) is 3.65. The van der Waals surface area contributed by atoms with E-state index in [2.05, 4.69) is 9.97 Å². The number of nitrogen functional groups attached to an aromatic ring is 1. The van der Waals surface area contributed by atoms with Crippen LogP contribution in [0.15, 0.2) is 36.4 Å². The van der Waals surface area contributed by atoms with Gasteiger partial charge < -0.3 is 15.4 Å². The SMILES string of the molecule is COc1ccc(N(C)c2nc(C)nc3ccc(N)cc23)c(F)c1. The van der Waals surface area contributed by atoms with Gasteiger partial charge in [-0.25, -0.2) is 14.4 Å². The number of nitrogens with two attached hydrogens (primary N) is 1. The van der Waals surface area contributed by atoms with Crippen molar-refractivity contribution in [2.45, 2.75) is 6.92 Å². The molecule has 0 unspecified atom stereocenters. The number of rotatable bonds is 3. The molecule has 0 atom stereocenters. The lowest BCUT2D eigenvalue weighted by Gasteiger charge is -2.21. The van der Waals surface area contributed by atoms with E-state index in [4.69, 9.17) is 10.5 Å². The van der Waals surface area contributed by atoms with Gasteiger partial charge in [0.25, 0.3) is 0 Å². The number of aromatic nitrogens is 2. The number of benzene rings is 2. The Balaban J connectivity index is 2.17. The van der Waals surface area contributed by atoms with Crippen LogP contribution < -0.4 is 15.4 Å². The van der Waals surface area contributed by atoms with E-state index in [0.29, 0.717) is 28.8 Å². The molecule has 0 aliphatic heterocycles. The fraction of sp³-hybridized carbons (Fsp3) is 0.176. The smallest absolute Gasteiger partial charge is 0.150 e. The summed E-state index contributed by atoms with van der Waals surface area (Å²) in [6, 6.07) is 10.1.